The van der Waals surface area contributed by atoms with Crippen LogP contribution >= 0.6 is 23.2 Å². The Bertz CT molecular complexity index is 662. The Morgan fingerprint density at radius 2 is 1.70 bits per heavy atom. The van der Waals surface area contributed by atoms with Gasteiger partial charge in [0.2, 0.25) is 0 Å². The first-order chi connectivity index (χ1) is 9.65. The van der Waals surface area contributed by atoms with Crippen molar-refractivity contribution in [3.63, 3.8) is 0 Å². The minimum Gasteiger partial charge on any atom is -0.322 e. The molecule has 0 radical (unpaired) electrons. The minimum atomic E-state index is -0.279. The van der Waals surface area contributed by atoms with Crippen LogP contribution in [0.25, 0.3) is 0 Å². The molecule has 1 aliphatic rings. The lowest BCUT2D eigenvalue weighted by atomic mass is 10.1. The lowest BCUT2D eigenvalue weighted by molar-refractivity contribution is 0.102. The van der Waals surface area contributed by atoms with Gasteiger partial charge >= 0.3 is 0 Å². The van der Waals surface area contributed by atoms with Gasteiger partial charge in [-0.2, -0.15) is 0 Å². The van der Waals surface area contributed by atoms with Crippen LogP contribution in [0.1, 0.15) is 27.9 Å². The van der Waals surface area contributed by atoms with E-state index >= 15 is 0 Å². The summed E-state index contributed by atoms with van der Waals surface area (Å²) in [5, 5.41) is 3.58. The highest BCUT2D eigenvalue weighted by Crippen LogP contribution is 2.27. The summed E-state index contributed by atoms with van der Waals surface area (Å²) < 4.78 is 0. The van der Waals surface area contributed by atoms with Crippen molar-refractivity contribution in [1.29, 1.82) is 0 Å². The molecule has 0 atom stereocenters. The van der Waals surface area contributed by atoms with E-state index < -0.39 is 0 Å². The number of rotatable bonds is 2. The largest absolute Gasteiger partial charge is 0.322 e. The molecule has 0 unspecified atom stereocenters. The molecule has 0 saturated carbocycles. The number of hydrogen-bond donors (Lipinski definition) is 1. The Morgan fingerprint density at radius 3 is 2.45 bits per heavy atom. The van der Waals surface area contributed by atoms with Gasteiger partial charge in [-0.25, -0.2) is 0 Å². The number of amides is 1. The predicted molar refractivity (Wildman–Crippen MR) is 82.9 cm³/mol. The van der Waals surface area contributed by atoms with Crippen LogP contribution in [0.3, 0.4) is 0 Å². The molecule has 20 heavy (non-hydrogen) atoms. The van der Waals surface area contributed by atoms with E-state index in [0.29, 0.717) is 15.6 Å². The fourth-order valence-electron chi connectivity index (χ4n) is 2.56. The molecule has 0 saturated heterocycles. The van der Waals surface area contributed by atoms with Crippen molar-refractivity contribution in [2.24, 2.45) is 0 Å². The van der Waals surface area contributed by atoms with Crippen LogP contribution in [-0.2, 0) is 12.8 Å². The molecule has 2 nitrogen and oxygen atoms in total. The number of nitrogens with one attached hydrogen (secondary N) is 1. The van der Waals surface area contributed by atoms with Crippen molar-refractivity contribution in [3.8, 4) is 0 Å². The number of halogens is 2. The maximum absolute atomic E-state index is 12.3. The summed E-state index contributed by atoms with van der Waals surface area (Å²) in [5.74, 6) is -0.279. The van der Waals surface area contributed by atoms with Crippen LogP contribution in [-0.4, -0.2) is 5.91 Å². The average Bonchev–Trinajstić information content (AvgIpc) is 2.85. The Labute approximate surface area is 127 Å². The quantitative estimate of drug-likeness (QED) is 0.853. The van der Waals surface area contributed by atoms with E-state index in [1.54, 1.807) is 18.2 Å². The highest BCUT2D eigenvalue weighted by atomic mass is 35.5. The molecule has 0 fully saturated rings. The summed E-state index contributed by atoms with van der Waals surface area (Å²) in [7, 11) is 0. The highest BCUT2D eigenvalue weighted by Gasteiger charge is 2.16. The van der Waals surface area contributed by atoms with Crippen LogP contribution < -0.4 is 5.32 Å². The lowest BCUT2D eigenvalue weighted by Crippen LogP contribution is -2.13. The van der Waals surface area contributed by atoms with Gasteiger partial charge in [-0.15, -0.1) is 0 Å². The molecule has 1 aliphatic carbocycles. The highest BCUT2D eigenvalue weighted by molar-refractivity contribution is 6.40. The number of aryl methyl sites for hydroxylation is 2. The number of anilines is 1. The molecule has 4 heteroatoms. The second kappa shape index (κ2) is 5.47. The molecular weight excluding hydrogens is 293 g/mol. The second-order valence-electron chi connectivity index (χ2n) is 4.89. The zero-order chi connectivity index (χ0) is 14.1. The fourth-order valence-corrected chi connectivity index (χ4v) is 3.13. The molecule has 102 valence electrons. The monoisotopic (exact) mass is 305 g/mol. The molecule has 2 aromatic carbocycles. The average molecular weight is 306 g/mol. The van der Waals surface area contributed by atoms with Gasteiger partial charge in [-0.05, 0) is 54.7 Å². The minimum absolute atomic E-state index is 0.279. The normalized spacial score (nSPS) is 13.1. The standard InChI is InChI=1S/C16H13Cl2NO/c17-13-5-2-6-14(18)15(13)16(20)19-12-8-7-10-3-1-4-11(10)9-12/h2,5-9H,1,3-4H2,(H,19,20). The maximum Gasteiger partial charge on any atom is 0.258 e. The molecule has 1 N–H and O–H groups in total. The lowest BCUT2D eigenvalue weighted by Gasteiger charge is -2.09. The van der Waals surface area contributed by atoms with Gasteiger partial charge < -0.3 is 5.32 Å². The van der Waals surface area contributed by atoms with Gasteiger partial charge in [0.25, 0.3) is 5.91 Å². The van der Waals surface area contributed by atoms with Gasteiger partial charge in [0.1, 0.15) is 0 Å². The van der Waals surface area contributed by atoms with E-state index in [1.807, 2.05) is 12.1 Å². The number of fused-ring (bicyclic) bond motifs is 1. The summed E-state index contributed by atoms with van der Waals surface area (Å²) in [6.07, 6.45) is 3.38. The summed E-state index contributed by atoms with van der Waals surface area (Å²) in [6, 6.07) is 11.1. The van der Waals surface area contributed by atoms with Crippen molar-refractivity contribution in [3.05, 3.63) is 63.1 Å². The van der Waals surface area contributed by atoms with Crippen molar-refractivity contribution in [2.45, 2.75) is 19.3 Å². The van der Waals surface area contributed by atoms with Gasteiger partial charge in [0, 0.05) is 5.69 Å². The maximum atomic E-state index is 12.3. The first-order valence-corrected chi connectivity index (χ1v) is 7.28. The Balaban J connectivity index is 1.86. The molecule has 0 aliphatic heterocycles. The Morgan fingerprint density at radius 1 is 1.00 bits per heavy atom. The summed E-state index contributed by atoms with van der Waals surface area (Å²) in [4.78, 5) is 12.3. The SMILES string of the molecule is O=C(Nc1ccc2c(c1)CCC2)c1c(Cl)cccc1Cl. The smallest absolute Gasteiger partial charge is 0.258 e. The van der Waals surface area contributed by atoms with Crippen molar-refractivity contribution in [2.75, 3.05) is 5.32 Å². The van der Waals surface area contributed by atoms with Crippen LogP contribution in [0, 0.1) is 0 Å². The fraction of sp³-hybridized carbons (Fsp3) is 0.188. The summed E-state index contributed by atoms with van der Waals surface area (Å²) in [6.45, 7) is 0. The van der Waals surface area contributed by atoms with Gasteiger partial charge in [0.15, 0.2) is 0 Å². The van der Waals surface area contributed by atoms with E-state index in [9.17, 15) is 4.79 Å². The third-order valence-electron chi connectivity index (χ3n) is 3.55. The van der Waals surface area contributed by atoms with Crippen molar-refractivity contribution < 1.29 is 4.79 Å². The molecule has 0 heterocycles. The number of carbonyl (C=O) groups excluding carboxylic acids is 1. The number of hydrogen-bond acceptors (Lipinski definition) is 1. The van der Waals surface area contributed by atoms with E-state index in [4.69, 9.17) is 23.2 Å². The number of benzene rings is 2. The second-order valence-corrected chi connectivity index (χ2v) is 5.70. The van der Waals surface area contributed by atoms with E-state index in [-0.39, 0.29) is 5.91 Å². The molecular formula is C16H13Cl2NO. The molecule has 0 bridgehead atoms. The van der Waals surface area contributed by atoms with Gasteiger partial charge in [-0.3, -0.25) is 4.79 Å². The molecule has 1 amide bonds. The zero-order valence-electron chi connectivity index (χ0n) is 10.7. The molecule has 2 aromatic rings. The predicted octanol–water partition coefficient (Wildman–Crippen LogP) is 4.73. The Hall–Kier alpha value is -1.51. The van der Waals surface area contributed by atoms with Crippen LogP contribution in [0.15, 0.2) is 36.4 Å². The summed E-state index contributed by atoms with van der Waals surface area (Å²) in [5.41, 5.74) is 3.79. The van der Waals surface area contributed by atoms with E-state index in [2.05, 4.69) is 11.4 Å². The molecule has 3 rings (SSSR count). The summed E-state index contributed by atoms with van der Waals surface area (Å²) >= 11 is 12.1. The third-order valence-corrected chi connectivity index (χ3v) is 4.18. The van der Waals surface area contributed by atoms with Crippen molar-refractivity contribution >= 4 is 34.8 Å². The zero-order valence-corrected chi connectivity index (χ0v) is 12.3. The topological polar surface area (TPSA) is 29.1 Å². The van der Waals surface area contributed by atoms with Gasteiger partial charge in [0.05, 0.1) is 15.6 Å². The van der Waals surface area contributed by atoms with Crippen molar-refractivity contribution in [1.82, 2.24) is 0 Å². The molecule has 0 aromatic heterocycles. The molecule has 0 spiro atoms. The Kier molecular flexibility index (Phi) is 3.68. The van der Waals surface area contributed by atoms with E-state index in [1.165, 1.54) is 17.5 Å². The number of carbonyl (C=O) groups is 1. The third kappa shape index (κ3) is 2.54. The first kappa shape index (κ1) is 13.5. The van der Waals surface area contributed by atoms with Gasteiger partial charge in [-0.1, -0.05) is 35.3 Å². The van der Waals surface area contributed by atoms with E-state index in [0.717, 1.165) is 18.5 Å². The van der Waals surface area contributed by atoms with Crippen LogP contribution in [0.2, 0.25) is 10.0 Å². The van der Waals surface area contributed by atoms with Crippen LogP contribution in [0.4, 0.5) is 5.69 Å². The van der Waals surface area contributed by atoms with Crippen LogP contribution in [0.5, 0.6) is 0 Å². The first-order valence-electron chi connectivity index (χ1n) is 6.52.